The van der Waals surface area contributed by atoms with E-state index in [1.54, 1.807) is 31.2 Å². The summed E-state index contributed by atoms with van der Waals surface area (Å²) in [5.41, 5.74) is 0.118. The lowest BCUT2D eigenvalue weighted by molar-refractivity contribution is -0.384. The van der Waals surface area contributed by atoms with Crippen molar-refractivity contribution in [3.05, 3.63) is 63.2 Å². The van der Waals surface area contributed by atoms with Gasteiger partial charge in [-0.2, -0.15) is 0 Å². The molecule has 0 aromatic heterocycles. The second kappa shape index (κ2) is 12.7. The molecule has 0 spiro atoms. The fourth-order valence-corrected chi connectivity index (χ4v) is 4.37. The van der Waals surface area contributed by atoms with E-state index in [1.807, 2.05) is 13.8 Å². The Balaban J connectivity index is 2.48. The zero-order chi connectivity index (χ0) is 27.9. The molecule has 0 aliphatic rings. The minimum Gasteiger partial charge on any atom is -0.495 e. The molecule has 0 radical (unpaired) electrons. The highest BCUT2D eigenvalue weighted by atomic mass is 35.5. The molecule has 2 rings (SSSR count). The van der Waals surface area contributed by atoms with Gasteiger partial charge in [0, 0.05) is 30.2 Å². The van der Waals surface area contributed by atoms with Crippen molar-refractivity contribution in [3.8, 4) is 5.75 Å². The van der Waals surface area contributed by atoms with Crippen molar-refractivity contribution < 1.29 is 27.7 Å². The summed E-state index contributed by atoms with van der Waals surface area (Å²) >= 11 is 5.97. The standard InChI is InChI=1S/C24H31ClN4O7S/c1-16(2)13-26-24(31)17(3)27(14-18-6-8-19(25)9-7-18)23(30)15-28(37(5,34)35)21-12-20(29(32)33)10-11-22(21)36-4/h6-12,16-17H,13-15H2,1-5H3,(H,26,31). The number of sulfonamides is 1. The summed E-state index contributed by atoms with van der Waals surface area (Å²) in [7, 11) is -2.82. The van der Waals surface area contributed by atoms with Crippen LogP contribution in [-0.2, 0) is 26.2 Å². The predicted molar refractivity (Wildman–Crippen MR) is 141 cm³/mol. The van der Waals surface area contributed by atoms with Crippen molar-refractivity contribution in [2.24, 2.45) is 5.92 Å². The minimum atomic E-state index is -4.10. The molecule has 2 aromatic rings. The maximum absolute atomic E-state index is 13.6. The van der Waals surface area contributed by atoms with E-state index in [2.05, 4.69) is 5.32 Å². The summed E-state index contributed by atoms with van der Waals surface area (Å²) in [6.07, 6.45) is 0.876. The second-order valence-electron chi connectivity index (χ2n) is 8.85. The van der Waals surface area contributed by atoms with Gasteiger partial charge in [-0.25, -0.2) is 8.42 Å². The van der Waals surface area contributed by atoms with Gasteiger partial charge in [-0.3, -0.25) is 24.0 Å². The first kappa shape index (κ1) is 29.8. The van der Waals surface area contributed by atoms with Gasteiger partial charge in [0.15, 0.2) is 0 Å². The third kappa shape index (κ3) is 8.32. The molecule has 0 saturated carbocycles. The van der Waals surface area contributed by atoms with Crippen LogP contribution in [-0.4, -0.2) is 62.6 Å². The van der Waals surface area contributed by atoms with E-state index in [4.69, 9.17) is 16.3 Å². The first-order valence-corrected chi connectivity index (χ1v) is 13.6. The van der Waals surface area contributed by atoms with E-state index < -0.39 is 39.3 Å². The Morgan fingerprint density at radius 1 is 1.14 bits per heavy atom. The molecule has 2 amide bonds. The molecule has 1 atom stereocenters. The van der Waals surface area contributed by atoms with Crippen LogP contribution in [0.25, 0.3) is 0 Å². The first-order chi connectivity index (χ1) is 17.2. The highest BCUT2D eigenvalue weighted by Crippen LogP contribution is 2.34. The molecule has 2 aromatic carbocycles. The maximum atomic E-state index is 13.6. The van der Waals surface area contributed by atoms with Gasteiger partial charge in [-0.15, -0.1) is 0 Å². The number of rotatable bonds is 12. The molecule has 0 aliphatic heterocycles. The Bertz CT molecular complexity index is 1240. The molecule has 1 unspecified atom stereocenters. The number of nitro groups is 1. The van der Waals surface area contributed by atoms with Crippen LogP contribution in [0, 0.1) is 16.0 Å². The monoisotopic (exact) mass is 554 g/mol. The van der Waals surface area contributed by atoms with Gasteiger partial charge in [0.05, 0.1) is 18.3 Å². The van der Waals surface area contributed by atoms with Crippen LogP contribution in [0.15, 0.2) is 42.5 Å². The number of anilines is 1. The number of carbonyl (C=O) groups excluding carboxylic acids is 2. The number of non-ortho nitro benzene ring substituents is 1. The number of methoxy groups -OCH3 is 1. The highest BCUT2D eigenvalue weighted by Gasteiger charge is 2.32. The number of hydrogen-bond acceptors (Lipinski definition) is 7. The Kier molecular flexibility index (Phi) is 10.3. The number of nitrogens with zero attached hydrogens (tertiary/aromatic N) is 3. The number of benzene rings is 2. The normalized spacial score (nSPS) is 12.1. The summed E-state index contributed by atoms with van der Waals surface area (Å²) in [4.78, 5) is 38.3. The molecule has 13 heteroatoms. The van der Waals surface area contributed by atoms with Gasteiger partial charge < -0.3 is 15.0 Å². The van der Waals surface area contributed by atoms with Crippen LogP contribution in [0.2, 0.25) is 5.02 Å². The number of nitro benzene ring substituents is 1. The van der Waals surface area contributed by atoms with Crippen LogP contribution in [0.5, 0.6) is 5.75 Å². The summed E-state index contributed by atoms with van der Waals surface area (Å²) in [6, 6.07) is 9.16. The van der Waals surface area contributed by atoms with Gasteiger partial charge in [0.2, 0.25) is 21.8 Å². The lowest BCUT2D eigenvalue weighted by Crippen LogP contribution is -2.51. The Morgan fingerprint density at radius 2 is 1.76 bits per heavy atom. The van der Waals surface area contributed by atoms with Crippen molar-refractivity contribution in [2.75, 3.05) is 30.8 Å². The second-order valence-corrected chi connectivity index (χ2v) is 11.2. The molecule has 0 bridgehead atoms. The van der Waals surface area contributed by atoms with Crippen molar-refractivity contribution in [3.63, 3.8) is 0 Å². The molecule has 1 N–H and O–H groups in total. The predicted octanol–water partition coefficient (Wildman–Crippen LogP) is 3.21. The lowest BCUT2D eigenvalue weighted by Gasteiger charge is -2.32. The number of carbonyl (C=O) groups is 2. The average molecular weight is 555 g/mol. The third-order valence-electron chi connectivity index (χ3n) is 5.44. The maximum Gasteiger partial charge on any atom is 0.271 e. The minimum absolute atomic E-state index is 0.00403. The molecule has 0 saturated heterocycles. The zero-order valence-corrected chi connectivity index (χ0v) is 22.9. The molecule has 37 heavy (non-hydrogen) atoms. The van der Waals surface area contributed by atoms with Crippen molar-refractivity contribution in [1.29, 1.82) is 0 Å². The SMILES string of the molecule is COc1ccc([N+](=O)[O-])cc1N(CC(=O)N(Cc1ccc(Cl)cc1)C(C)C(=O)NCC(C)C)S(C)(=O)=O. The van der Waals surface area contributed by atoms with Gasteiger partial charge in [-0.05, 0) is 36.6 Å². The highest BCUT2D eigenvalue weighted by molar-refractivity contribution is 7.92. The van der Waals surface area contributed by atoms with Crippen LogP contribution in [0.1, 0.15) is 26.3 Å². The molecule has 0 aliphatic carbocycles. The first-order valence-electron chi connectivity index (χ1n) is 11.4. The van der Waals surface area contributed by atoms with Crippen LogP contribution < -0.4 is 14.4 Å². The van der Waals surface area contributed by atoms with E-state index in [1.165, 1.54) is 24.1 Å². The zero-order valence-electron chi connectivity index (χ0n) is 21.3. The number of nitrogens with one attached hydrogen (secondary N) is 1. The topological polar surface area (TPSA) is 139 Å². The number of halogens is 1. The fraction of sp³-hybridized carbons (Fsp3) is 0.417. The van der Waals surface area contributed by atoms with Crippen molar-refractivity contribution >= 4 is 44.8 Å². The number of hydrogen-bond donors (Lipinski definition) is 1. The largest absolute Gasteiger partial charge is 0.495 e. The van der Waals surface area contributed by atoms with Gasteiger partial charge >= 0.3 is 0 Å². The summed E-state index contributed by atoms with van der Waals surface area (Å²) in [5, 5.41) is 14.6. The molecule has 202 valence electrons. The van der Waals surface area contributed by atoms with E-state index in [0.717, 1.165) is 16.6 Å². The number of ether oxygens (including phenoxy) is 1. The fourth-order valence-electron chi connectivity index (χ4n) is 3.40. The quantitative estimate of drug-likeness (QED) is 0.314. The Hall–Kier alpha value is -3.38. The van der Waals surface area contributed by atoms with Gasteiger partial charge in [-0.1, -0.05) is 37.6 Å². The summed E-state index contributed by atoms with van der Waals surface area (Å²) in [6.45, 7) is 5.08. The van der Waals surface area contributed by atoms with E-state index in [9.17, 15) is 28.1 Å². The summed E-state index contributed by atoms with van der Waals surface area (Å²) in [5.74, 6) is -0.898. The third-order valence-corrected chi connectivity index (χ3v) is 6.82. The summed E-state index contributed by atoms with van der Waals surface area (Å²) < 4.78 is 31.4. The van der Waals surface area contributed by atoms with Crippen molar-refractivity contribution in [2.45, 2.75) is 33.4 Å². The molecular weight excluding hydrogens is 524 g/mol. The Labute approximate surface area is 221 Å². The van der Waals surface area contributed by atoms with Crippen molar-refractivity contribution in [1.82, 2.24) is 10.2 Å². The van der Waals surface area contributed by atoms with E-state index in [0.29, 0.717) is 17.1 Å². The number of amides is 2. The molecule has 0 heterocycles. The average Bonchev–Trinajstić information content (AvgIpc) is 2.83. The van der Waals surface area contributed by atoms with Crippen LogP contribution in [0.4, 0.5) is 11.4 Å². The van der Waals surface area contributed by atoms with Gasteiger partial charge in [0.25, 0.3) is 5.69 Å². The van der Waals surface area contributed by atoms with Gasteiger partial charge in [0.1, 0.15) is 24.0 Å². The Morgan fingerprint density at radius 3 is 2.27 bits per heavy atom. The molecular formula is C24H31ClN4O7S. The molecule has 11 nitrogen and oxygen atoms in total. The smallest absolute Gasteiger partial charge is 0.271 e. The molecule has 0 fully saturated rings. The van der Waals surface area contributed by atoms with E-state index >= 15 is 0 Å². The van der Waals surface area contributed by atoms with Crippen LogP contribution in [0.3, 0.4) is 0 Å². The van der Waals surface area contributed by atoms with E-state index in [-0.39, 0.29) is 29.6 Å². The van der Waals surface area contributed by atoms with Crippen LogP contribution >= 0.6 is 11.6 Å². The lowest BCUT2D eigenvalue weighted by atomic mass is 10.1.